The minimum Gasteiger partial charge on any atom is -0.457 e. The van der Waals surface area contributed by atoms with Crippen molar-refractivity contribution in [2.24, 2.45) is 5.73 Å². The maximum atomic E-state index is 12.6. The molecule has 0 saturated carbocycles. The van der Waals surface area contributed by atoms with E-state index in [4.69, 9.17) is 24.3 Å². The Bertz CT molecular complexity index is 878. The van der Waals surface area contributed by atoms with Crippen LogP contribution in [0.1, 0.15) is 277 Å². The van der Waals surface area contributed by atoms with Crippen LogP contribution in [0.2, 0.25) is 0 Å². The van der Waals surface area contributed by atoms with Crippen molar-refractivity contribution in [1.29, 1.82) is 0 Å². The predicted molar refractivity (Wildman–Crippen MR) is 252 cm³/mol. The highest BCUT2D eigenvalue weighted by molar-refractivity contribution is 7.47. The average Bonchev–Trinajstić information content (AvgIpc) is 3.23. The van der Waals surface area contributed by atoms with Crippen LogP contribution in [0.15, 0.2) is 0 Å². The molecule has 59 heavy (non-hydrogen) atoms. The van der Waals surface area contributed by atoms with E-state index in [1.54, 1.807) is 0 Å². The Morgan fingerprint density at radius 2 is 0.746 bits per heavy atom. The van der Waals surface area contributed by atoms with E-state index in [-0.39, 0.29) is 32.3 Å². The van der Waals surface area contributed by atoms with Crippen molar-refractivity contribution in [2.75, 3.05) is 33.0 Å². The van der Waals surface area contributed by atoms with E-state index in [9.17, 15) is 14.3 Å². The smallest absolute Gasteiger partial charge is 0.457 e. The van der Waals surface area contributed by atoms with E-state index in [0.29, 0.717) is 13.0 Å². The summed E-state index contributed by atoms with van der Waals surface area (Å²) in [5, 5.41) is 0. The molecule has 2 unspecified atom stereocenters. The molecule has 0 aromatic rings. The zero-order valence-electron chi connectivity index (χ0n) is 39.5. The van der Waals surface area contributed by atoms with Gasteiger partial charge in [0.15, 0.2) is 0 Å². The molecule has 0 aliphatic heterocycles. The van der Waals surface area contributed by atoms with Crippen molar-refractivity contribution in [3.63, 3.8) is 0 Å². The number of phosphoric ester groups is 1. The summed E-state index contributed by atoms with van der Waals surface area (Å²) in [5.74, 6) is -0.322. The third kappa shape index (κ3) is 48.4. The Balaban J connectivity index is 3.80. The first-order valence-electron chi connectivity index (χ1n) is 26.0. The molecule has 0 radical (unpaired) electrons. The zero-order valence-corrected chi connectivity index (χ0v) is 40.4. The molecule has 0 spiro atoms. The molecular formula is C50H102NO7P. The van der Waals surface area contributed by atoms with Crippen LogP contribution in [0.3, 0.4) is 0 Å². The number of nitrogens with two attached hydrogens (primary N) is 1. The van der Waals surface area contributed by atoms with Gasteiger partial charge in [-0.1, -0.05) is 258 Å². The molecule has 0 heterocycles. The molecule has 0 aliphatic rings. The van der Waals surface area contributed by atoms with Crippen LogP contribution in [0.5, 0.6) is 0 Å². The predicted octanol–water partition coefficient (Wildman–Crippen LogP) is 16.0. The molecule has 0 saturated heterocycles. The summed E-state index contributed by atoms with van der Waals surface area (Å²) >= 11 is 0. The summed E-state index contributed by atoms with van der Waals surface area (Å²) < 4.78 is 33.6. The van der Waals surface area contributed by atoms with Crippen LogP contribution >= 0.6 is 7.82 Å². The normalized spacial score (nSPS) is 13.2. The van der Waals surface area contributed by atoms with Crippen molar-refractivity contribution in [2.45, 2.75) is 283 Å². The van der Waals surface area contributed by atoms with E-state index in [1.807, 2.05) is 0 Å². The van der Waals surface area contributed by atoms with Crippen molar-refractivity contribution in [3.8, 4) is 0 Å². The minimum absolute atomic E-state index is 0.0898. The van der Waals surface area contributed by atoms with E-state index < -0.39 is 13.9 Å². The number of esters is 1. The van der Waals surface area contributed by atoms with Gasteiger partial charge in [0.1, 0.15) is 6.10 Å². The Kier molecular flexibility index (Phi) is 48.1. The maximum Gasteiger partial charge on any atom is 0.472 e. The molecule has 0 aromatic carbocycles. The van der Waals surface area contributed by atoms with Crippen LogP contribution in [-0.4, -0.2) is 49.9 Å². The number of phosphoric acid groups is 1. The molecule has 9 heteroatoms. The number of rotatable bonds is 51. The van der Waals surface area contributed by atoms with Crippen molar-refractivity contribution in [1.82, 2.24) is 0 Å². The van der Waals surface area contributed by atoms with Gasteiger partial charge in [0.2, 0.25) is 0 Å². The first-order chi connectivity index (χ1) is 28.9. The third-order valence-electron chi connectivity index (χ3n) is 11.8. The number of hydrogen-bond donors (Lipinski definition) is 2. The Morgan fingerprint density at radius 1 is 0.441 bits per heavy atom. The zero-order chi connectivity index (χ0) is 43.0. The molecule has 0 aliphatic carbocycles. The second-order valence-corrected chi connectivity index (χ2v) is 19.2. The fraction of sp³-hybridized carbons (Fsp3) is 0.980. The van der Waals surface area contributed by atoms with Crippen LogP contribution in [-0.2, 0) is 27.9 Å². The average molecular weight is 860 g/mol. The van der Waals surface area contributed by atoms with Gasteiger partial charge < -0.3 is 20.1 Å². The fourth-order valence-electron chi connectivity index (χ4n) is 7.94. The maximum absolute atomic E-state index is 12.6. The number of unbranched alkanes of at least 4 members (excludes halogenated alkanes) is 38. The fourth-order valence-corrected chi connectivity index (χ4v) is 8.71. The molecule has 2 atom stereocenters. The molecule has 3 N–H and O–H groups in total. The molecule has 0 rings (SSSR count). The Hall–Kier alpha value is -0.500. The molecule has 8 nitrogen and oxygen atoms in total. The molecule has 0 fully saturated rings. The standard InChI is InChI=1S/C50H102NO7P/c1-3-5-7-9-11-13-15-17-19-20-21-22-23-24-25-26-27-28-29-30-32-34-36-38-40-42-45-55-47-49(48-57-59(53,54)56-46-44-51)58-50(52)43-41-39-37-35-33-31-18-16-14-12-10-8-6-4-2/h49H,3-48,51H2,1-2H3,(H,53,54). The minimum atomic E-state index is -4.27. The quantitative estimate of drug-likeness (QED) is 0.0353. The van der Waals surface area contributed by atoms with Gasteiger partial charge in [0.05, 0.1) is 19.8 Å². The topological polar surface area (TPSA) is 117 Å². The van der Waals surface area contributed by atoms with Crippen LogP contribution in [0.4, 0.5) is 0 Å². The summed E-state index contributed by atoms with van der Waals surface area (Å²) in [6, 6.07) is 0. The van der Waals surface area contributed by atoms with Gasteiger partial charge in [-0.15, -0.1) is 0 Å². The lowest BCUT2D eigenvalue weighted by molar-refractivity contribution is -0.154. The Morgan fingerprint density at radius 3 is 1.07 bits per heavy atom. The van der Waals surface area contributed by atoms with Crippen LogP contribution in [0.25, 0.3) is 0 Å². The first-order valence-corrected chi connectivity index (χ1v) is 27.5. The number of carbonyl (C=O) groups excluding carboxylic acids is 1. The van der Waals surface area contributed by atoms with Gasteiger partial charge in [-0.3, -0.25) is 13.8 Å². The summed E-state index contributed by atoms with van der Waals surface area (Å²) in [4.78, 5) is 22.5. The van der Waals surface area contributed by atoms with Gasteiger partial charge in [-0.25, -0.2) is 4.57 Å². The molecule has 0 amide bonds. The SMILES string of the molecule is CCCCCCCCCCCCCCCCCCCCCCCCCCCCOCC(COP(=O)(O)OCCN)OC(=O)CCCCCCCCCCCCCCCC. The second-order valence-electron chi connectivity index (χ2n) is 17.8. The highest BCUT2D eigenvalue weighted by Crippen LogP contribution is 2.43. The van der Waals surface area contributed by atoms with Gasteiger partial charge in [-0.05, 0) is 12.8 Å². The number of hydrogen-bond acceptors (Lipinski definition) is 7. The number of ether oxygens (including phenoxy) is 2. The van der Waals surface area contributed by atoms with Crippen LogP contribution in [0, 0.1) is 0 Å². The summed E-state index contributed by atoms with van der Waals surface area (Å²) in [7, 11) is -4.27. The lowest BCUT2D eigenvalue weighted by atomic mass is 10.0. The molecule has 0 aromatic heterocycles. The molecule has 0 bridgehead atoms. The van der Waals surface area contributed by atoms with Crippen molar-refractivity contribution >= 4 is 13.8 Å². The van der Waals surface area contributed by atoms with E-state index in [2.05, 4.69) is 13.8 Å². The summed E-state index contributed by atoms with van der Waals surface area (Å²) in [6.07, 6.45) is 52.9. The number of carbonyl (C=O) groups is 1. The third-order valence-corrected chi connectivity index (χ3v) is 12.8. The molecule has 354 valence electrons. The molecular weight excluding hydrogens is 758 g/mol. The van der Waals surface area contributed by atoms with E-state index >= 15 is 0 Å². The van der Waals surface area contributed by atoms with E-state index in [1.165, 1.54) is 225 Å². The van der Waals surface area contributed by atoms with Gasteiger partial charge in [0.25, 0.3) is 0 Å². The van der Waals surface area contributed by atoms with Gasteiger partial charge in [-0.2, -0.15) is 0 Å². The highest BCUT2D eigenvalue weighted by Gasteiger charge is 2.25. The van der Waals surface area contributed by atoms with Crippen LogP contribution < -0.4 is 5.73 Å². The summed E-state index contributed by atoms with van der Waals surface area (Å²) in [6.45, 7) is 5.00. The largest absolute Gasteiger partial charge is 0.472 e. The second kappa shape index (κ2) is 48.5. The highest BCUT2D eigenvalue weighted by atomic mass is 31.2. The lowest BCUT2D eigenvalue weighted by Crippen LogP contribution is -2.28. The lowest BCUT2D eigenvalue weighted by Gasteiger charge is -2.20. The van der Waals surface area contributed by atoms with Crippen molar-refractivity contribution in [3.05, 3.63) is 0 Å². The van der Waals surface area contributed by atoms with Gasteiger partial charge >= 0.3 is 13.8 Å². The monoisotopic (exact) mass is 860 g/mol. The van der Waals surface area contributed by atoms with E-state index in [0.717, 1.165) is 32.1 Å². The Labute approximate surface area is 367 Å². The first kappa shape index (κ1) is 58.5. The summed E-state index contributed by atoms with van der Waals surface area (Å²) in [5.41, 5.74) is 5.39. The van der Waals surface area contributed by atoms with Gasteiger partial charge in [0, 0.05) is 19.6 Å². The van der Waals surface area contributed by atoms with Crippen molar-refractivity contribution < 1.29 is 32.8 Å².